The van der Waals surface area contributed by atoms with Crippen molar-refractivity contribution < 1.29 is 0 Å². The number of rotatable bonds is 9. The Labute approximate surface area is 177 Å². The number of benzene rings is 2. The van der Waals surface area contributed by atoms with Crippen LogP contribution in [0, 0.1) is 0 Å². The second kappa shape index (κ2) is 12.2. The molecule has 1 aliphatic rings. The van der Waals surface area contributed by atoms with Gasteiger partial charge in [0.25, 0.3) is 0 Å². The molecule has 0 aromatic heterocycles. The van der Waals surface area contributed by atoms with E-state index in [1.807, 2.05) is 25.6 Å². The normalized spacial score (nSPS) is 12.3. The molecule has 0 fully saturated rings. The topological polar surface area (TPSA) is 0 Å². The van der Waals surface area contributed by atoms with Gasteiger partial charge in [-0.1, -0.05) is 76.6 Å². The highest BCUT2D eigenvalue weighted by atomic mass is 32.2. The van der Waals surface area contributed by atoms with Gasteiger partial charge in [0.2, 0.25) is 0 Å². The lowest BCUT2D eigenvalue weighted by Gasteiger charge is -2.14. The SMILES string of the molecule is C=C(CC)CCc1ccc(SCc2ccc(CCC)cc2)c2c1CCC2.CC. The second-order valence-electron chi connectivity index (χ2n) is 7.49. The molecule has 0 heterocycles. The first-order valence-electron chi connectivity index (χ1n) is 11.2. The lowest BCUT2D eigenvalue weighted by Crippen LogP contribution is -1.97. The van der Waals surface area contributed by atoms with Crippen LogP contribution in [0.1, 0.15) is 81.2 Å². The fourth-order valence-electron chi connectivity index (χ4n) is 3.86. The monoisotopic (exact) mass is 394 g/mol. The van der Waals surface area contributed by atoms with E-state index < -0.39 is 0 Å². The van der Waals surface area contributed by atoms with Gasteiger partial charge in [0.1, 0.15) is 0 Å². The number of fused-ring (bicyclic) bond motifs is 1. The smallest absolute Gasteiger partial charge is 0.0232 e. The molecule has 0 aliphatic heterocycles. The highest BCUT2D eigenvalue weighted by Gasteiger charge is 2.18. The van der Waals surface area contributed by atoms with Crippen LogP contribution in [0.3, 0.4) is 0 Å². The molecule has 2 aromatic carbocycles. The lowest BCUT2D eigenvalue weighted by atomic mass is 9.97. The Balaban J connectivity index is 0.00000136. The molecule has 0 nitrogen and oxygen atoms in total. The van der Waals surface area contributed by atoms with Crippen molar-refractivity contribution in [2.24, 2.45) is 0 Å². The van der Waals surface area contributed by atoms with Crippen LogP contribution in [0.4, 0.5) is 0 Å². The third-order valence-corrected chi connectivity index (χ3v) is 6.71. The van der Waals surface area contributed by atoms with Crippen molar-refractivity contribution >= 4 is 11.8 Å². The summed E-state index contributed by atoms with van der Waals surface area (Å²) < 4.78 is 0. The Kier molecular flexibility index (Phi) is 9.92. The zero-order chi connectivity index (χ0) is 20.4. The maximum atomic E-state index is 4.18. The van der Waals surface area contributed by atoms with E-state index in [0.717, 1.165) is 18.6 Å². The average Bonchev–Trinajstić information content (AvgIpc) is 3.24. The summed E-state index contributed by atoms with van der Waals surface area (Å²) in [5, 5.41) is 0. The lowest BCUT2D eigenvalue weighted by molar-refractivity contribution is 0.867. The second-order valence-corrected chi connectivity index (χ2v) is 8.51. The third-order valence-electron chi connectivity index (χ3n) is 5.54. The van der Waals surface area contributed by atoms with E-state index in [9.17, 15) is 0 Å². The van der Waals surface area contributed by atoms with Crippen LogP contribution in [0.25, 0.3) is 0 Å². The molecule has 152 valence electrons. The van der Waals surface area contributed by atoms with Gasteiger partial charge in [-0.15, -0.1) is 11.8 Å². The minimum atomic E-state index is 1.07. The van der Waals surface area contributed by atoms with Gasteiger partial charge in [-0.2, -0.15) is 0 Å². The number of allylic oxidation sites excluding steroid dienone is 1. The molecule has 28 heavy (non-hydrogen) atoms. The highest BCUT2D eigenvalue weighted by molar-refractivity contribution is 7.98. The maximum Gasteiger partial charge on any atom is 0.0232 e. The van der Waals surface area contributed by atoms with Crippen LogP contribution in [0.5, 0.6) is 0 Å². The molecular formula is C27H38S. The predicted molar refractivity (Wildman–Crippen MR) is 128 cm³/mol. The molecule has 0 N–H and O–H groups in total. The van der Waals surface area contributed by atoms with E-state index in [0.29, 0.717) is 0 Å². The van der Waals surface area contributed by atoms with Gasteiger partial charge in [-0.05, 0) is 78.8 Å². The zero-order valence-electron chi connectivity index (χ0n) is 18.4. The fourth-order valence-corrected chi connectivity index (χ4v) is 4.94. The van der Waals surface area contributed by atoms with Crippen LogP contribution in [0.15, 0.2) is 53.4 Å². The van der Waals surface area contributed by atoms with E-state index in [1.165, 1.54) is 60.1 Å². The minimum absolute atomic E-state index is 1.07. The summed E-state index contributed by atoms with van der Waals surface area (Å²) in [5.74, 6) is 1.07. The van der Waals surface area contributed by atoms with Crippen molar-refractivity contribution in [1.82, 2.24) is 0 Å². The van der Waals surface area contributed by atoms with Gasteiger partial charge in [0, 0.05) is 10.6 Å². The van der Waals surface area contributed by atoms with Gasteiger partial charge in [-0.25, -0.2) is 0 Å². The first kappa shape index (κ1) is 22.8. The highest BCUT2D eigenvalue weighted by Crippen LogP contribution is 2.36. The first-order valence-corrected chi connectivity index (χ1v) is 12.2. The summed E-state index contributed by atoms with van der Waals surface area (Å²) in [4.78, 5) is 1.51. The van der Waals surface area contributed by atoms with Gasteiger partial charge in [-0.3, -0.25) is 0 Å². The van der Waals surface area contributed by atoms with Crippen LogP contribution >= 0.6 is 11.8 Å². The van der Waals surface area contributed by atoms with E-state index in [1.54, 1.807) is 16.7 Å². The Bertz CT molecular complexity index is 740. The Morgan fingerprint density at radius 3 is 2.25 bits per heavy atom. The number of hydrogen-bond acceptors (Lipinski definition) is 1. The summed E-state index contributed by atoms with van der Waals surface area (Å²) in [5.41, 5.74) is 9.13. The zero-order valence-corrected chi connectivity index (χ0v) is 19.3. The van der Waals surface area contributed by atoms with Crippen molar-refractivity contribution in [2.45, 2.75) is 89.7 Å². The molecule has 3 rings (SSSR count). The Morgan fingerprint density at radius 2 is 1.57 bits per heavy atom. The summed E-state index contributed by atoms with van der Waals surface area (Å²) in [7, 11) is 0. The fraction of sp³-hybridized carbons (Fsp3) is 0.481. The molecule has 0 atom stereocenters. The van der Waals surface area contributed by atoms with E-state index in [2.05, 4.69) is 56.8 Å². The van der Waals surface area contributed by atoms with Crippen molar-refractivity contribution in [3.63, 3.8) is 0 Å². The summed E-state index contributed by atoms with van der Waals surface area (Å²) in [6.07, 6.45) is 9.66. The maximum absolute atomic E-state index is 4.18. The molecule has 0 spiro atoms. The molecule has 0 radical (unpaired) electrons. The van der Waals surface area contributed by atoms with Crippen LogP contribution in [0.2, 0.25) is 0 Å². The molecule has 2 aromatic rings. The first-order chi connectivity index (χ1) is 13.7. The van der Waals surface area contributed by atoms with Crippen molar-refractivity contribution in [1.29, 1.82) is 0 Å². The van der Waals surface area contributed by atoms with Crippen LogP contribution < -0.4 is 0 Å². The number of aryl methyl sites for hydroxylation is 2. The van der Waals surface area contributed by atoms with E-state index in [-0.39, 0.29) is 0 Å². The van der Waals surface area contributed by atoms with Crippen molar-refractivity contribution in [3.8, 4) is 0 Å². The molecule has 0 saturated heterocycles. The van der Waals surface area contributed by atoms with Gasteiger partial charge >= 0.3 is 0 Å². The van der Waals surface area contributed by atoms with E-state index >= 15 is 0 Å². The van der Waals surface area contributed by atoms with Crippen molar-refractivity contribution in [2.75, 3.05) is 0 Å². The van der Waals surface area contributed by atoms with Gasteiger partial charge < -0.3 is 0 Å². The number of thioether (sulfide) groups is 1. The molecule has 0 saturated carbocycles. The molecular weight excluding hydrogens is 356 g/mol. The third kappa shape index (κ3) is 6.27. The largest absolute Gasteiger partial charge is 0.121 e. The molecule has 0 bridgehead atoms. The van der Waals surface area contributed by atoms with Gasteiger partial charge in [0.15, 0.2) is 0 Å². The summed E-state index contributed by atoms with van der Waals surface area (Å²) in [6.45, 7) is 12.6. The summed E-state index contributed by atoms with van der Waals surface area (Å²) >= 11 is 2.02. The molecule has 0 unspecified atom stereocenters. The van der Waals surface area contributed by atoms with Crippen LogP contribution in [-0.4, -0.2) is 0 Å². The Morgan fingerprint density at radius 1 is 0.893 bits per heavy atom. The standard InChI is InChI=1S/C25H32S.C2H6/c1-4-7-20-11-13-21(14-12-20)18-26-25-17-16-22(15-10-19(3)5-2)23-8-6-9-24(23)25;1-2/h11-14,16-17H,3-10,15,18H2,1-2H3;1-2H3. The molecule has 0 amide bonds. The molecule has 1 aliphatic carbocycles. The molecule has 1 heteroatoms. The predicted octanol–water partition coefficient (Wildman–Crippen LogP) is 8.35. The minimum Gasteiger partial charge on any atom is -0.121 e. The summed E-state index contributed by atoms with van der Waals surface area (Å²) in [6, 6.07) is 14.0. The van der Waals surface area contributed by atoms with Crippen LogP contribution in [-0.2, 0) is 31.4 Å². The number of hydrogen-bond donors (Lipinski definition) is 0. The average molecular weight is 395 g/mol. The Hall–Kier alpha value is -1.47. The van der Waals surface area contributed by atoms with E-state index in [4.69, 9.17) is 0 Å². The quantitative estimate of drug-likeness (QED) is 0.304. The van der Waals surface area contributed by atoms with Crippen molar-refractivity contribution in [3.05, 3.63) is 76.4 Å². The van der Waals surface area contributed by atoms with Gasteiger partial charge in [0.05, 0.1) is 0 Å².